The highest BCUT2D eigenvalue weighted by Crippen LogP contribution is 2.43. The van der Waals surface area contributed by atoms with Gasteiger partial charge in [0.15, 0.2) is 5.69 Å². The summed E-state index contributed by atoms with van der Waals surface area (Å²) in [6, 6.07) is 4.66. The number of benzene rings is 1. The van der Waals surface area contributed by atoms with Crippen LogP contribution >= 0.6 is 0 Å². The van der Waals surface area contributed by atoms with E-state index in [0.717, 1.165) is 0 Å². The molecule has 3 N–H and O–H groups in total. The lowest BCUT2D eigenvalue weighted by atomic mass is 9.77. The minimum Gasteiger partial charge on any atom is -0.501 e. The lowest BCUT2D eigenvalue weighted by Gasteiger charge is -2.38. The van der Waals surface area contributed by atoms with Crippen molar-refractivity contribution in [2.45, 2.75) is 70.1 Å². The number of nitrogens with zero attached hydrogens (tertiary/aromatic N) is 3. The van der Waals surface area contributed by atoms with Crippen molar-refractivity contribution in [3.05, 3.63) is 57.5 Å². The highest BCUT2D eigenvalue weighted by Gasteiger charge is 2.48. The molecule has 1 aromatic heterocycles. The Labute approximate surface area is 225 Å². The molecule has 0 radical (unpaired) electrons. The van der Waals surface area contributed by atoms with E-state index in [4.69, 9.17) is 0 Å². The number of carbonyl (C=O) groups excluding carboxylic acids is 2. The quantitative estimate of drug-likeness (QED) is 0.462. The van der Waals surface area contributed by atoms with Gasteiger partial charge in [-0.05, 0) is 69.1 Å². The standard InChI is InChI=1S/C26H32FN5O6S/c1-2-39(37,38)32-13-3-4-19(32)22(34)30-26-11-9-17(10-12-26)15-31-24(36)21(33)20(29-25(26)31)23(35)28-14-16-5-7-18(27)8-6-16/h5-8,17,19,33H,2-4,9-15H2,1H3,(H,28,35)(H,30,34). The molecule has 2 fully saturated rings. The van der Waals surface area contributed by atoms with Gasteiger partial charge >= 0.3 is 0 Å². The average Bonchev–Trinajstić information content (AvgIpc) is 3.33. The van der Waals surface area contributed by atoms with Crippen LogP contribution in [0.3, 0.4) is 0 Å². The fraction of sp³-hybridized carbons (Fsp3) is 0.538. The van der Waals surface area contributed by atoms with E-state index in [1.807, 2.05) is 0 Å². The van der Waals surface area contributed by atoms with Crippen LogP contribution < -0.4 is 16.2 Å². The summed E-state index contributed by atoms with van der Waals surface area (Å²) in [4.78, 5) is 44.3. The molecule has 4 aliphatic rings. The molecule has 1 atom stereocenters. The first-order chi connectivity index (χ1) is 18.5. The van der Waals surface area contributed by atoms with Crippen LogP contribution in [0.1, 0.15) is 67.3 Å². The lowest BCUT2D eigenvalue weighted by Crippen LogP contribution is -2.55. The topological polar surface area (TPSA) is 151 Å². The molecule has 1 aliphatic carbocycles. The van der Waals surface area contributed by atoms with E-state index in [9.17, 15) is 32.3 Å². The van der Waals surface area contributed by atoms with Gasteiger partial charge in [-0.3, -0.25) is 19.0 Å². The largest absolute Gasteiger partial charge is 0.501 e. The summed E-state index contributed by atoms with van der Waals surface area (Å²) in [7, 11) is -3.58. The van der Waals surface area contributed by atoms with Crippen LogP contribution in [0, 0.1) is 11.7 Å². The van der Waals surface area contributed by atoms with Crippen LogP contribution in [0.4, 0.5) is 4.39 Å². The number of nitrogens with one attached hydrogen (secondary N) is 2. The number of aromatic nitrogens is 2. The second kappa shape index (κ2) is 10.3. The molecule has 4 heterocycles. The fourth-order valence-electron chi connectivity index (χ4n) is 5.94. The summed E-state index contributed by atoms with van der Waals surface area (Å²) in [6.07, 6.45) is 3.26. The van der Waals surface area contributed by atoms with E-state index in [-0.39, 0.29) is 30.6 Å². The van der Waals surface area contributed by atoms with Crippen molar-refractivity contribution in [1.82, 2.24) is 24.5 Å². The molecule has 13 heteroatoms. The minimum absolute atomic E-state index is 0.0199. The van der Waals surface area contributed by atoms with Gasteiger partial charge in [0.25, 0.3) is 11.5 Å². The second-order valence-electron chi connectivity index (χ2n) is 10.5. The second-order valence-corrected chi connectivity index (χ2v) is 12.8. The van der Waals surface area contributed by atoms with Crippen LogP contribution in [0.25, 0.3) is 0 Å². The third-order valence-corrected chi connectivity index (χ3v) is 10.0. The maximum atomic E-state index is 13.6. The highest BCUT2D eigenvalue weighted by molar-refractivity contribution is 7.89. The highest BCUT2D eigenvalue weighted by atomic mass is 32.2. The van der Waals surface area contributed by atoms with Crippen LogP contribution in [0.2, 0.25) is 0 Å². The maximum Gasteiger partial charge on any atom is 0.296 e. The predicted molar refractivity (Wildman–Crippen MR) is 139 cm³/mol. The molecule has 1 saturated heterocycles. The van der Waals surface area contributed by atoms with E-state index >= 15 is 0 Å². The zero-order chi connectivity index (χ0) is 27.9. The molecule has 2 amide bonds. The molecule has 1 aromatic carbocycles. The molecule has 1 saturated carbocycles. The molecule has 1 unspecified atom stereocenters. The van der Waals surface area contributed by atoms with Crippen molar-refractivity contribution in [2.24, 2.45) is 5.92 Å². The first-order valence-electron chi connectivity index (χ1n) is 13.2. The van der Waals surface area contributed by atoms with E-state index < -0.39 is 56.2 Å². The number of carbonyl (C=O) groups is 2. The van der Waals surface area contributed by atoms with Gasteiger partial charge in [0, 0.05) is 19.6 Å². The Morgan fingerprint density at radius 3 is 2.54 bits per heavy atom. The number of halogens is 1. The number of rotatable bonds is 7. The van der Waals surface area contributed by atoms with Crippen molar-refractivity contribution < 1.29 is 27.5 Å². The first kappa shape index (κ1) is 27.3. The third-order valence-electron chi connectivity index (χ3n) is 8.15. The Bertz CT molecular complexity index is 1450. The van der Waals surface area contributed by atoms with Crippen molar-refractivity contribution in [3.63, 3.8) is 0 Å². The Morgan fingerprint density at radius 1 is 1.18 bits per heavy atom. The van der Waals surface area contributed by atoms with Gasteiger partial charge in [-0.1, -0.05) is 12.1 Å². The SMILES string of the molecule is CCS(=O)(=O)N1CCCC1C(=O)NC12CCC(CC1)Cn1c2nc(C(=O)NCc2ccc(F)cc2)c(O)c1=O. The Hall–Kier alpha value is -3.32. The Kier molecular flexibility index (Phi) is 7.23. The summed E-state index contributed by atoms with van der Waals surface area (Å²) in [5.41, 5.74) is -1.70. The molecular weight excluding hydrogens is 529 g/mol. The van der Waals surface area contributed by atoms with Crippen LogP contribution in [-0.4, -0.2) is 57.5 Å². The molecular formula is C26H32FN5O6S. The molecule has 3 aliphatic heterocycles. The van der Waals surface area contributed by atoms with Crippen molar-refractivity contribution in [3.8, 4) is 5.75 Å². The van der Waals surface area contributed by atoms with Gasteiger partial charge in [-0.2, -0.15) is 4.31 Å². The summed E-state index contributed by atoms with van der Waals surface area (Å²) in [5, 5.41) is 16.3. The van der Waals surface area contributed by atoms with Gasteiger partial charge in [-0.15, -0.1) is 0 Å². The number of sulfonamides is 1. The molecule has 39 heavy (non-hydrogen) atoms. The van der Waals surface area contributed by atoms with Gasteiger partial charge in [-0.25, -0.2) is 17.8 Å². The summed E-state index contributed by atoms with van der Waals surface area (Å²) < 4.78 is 41.0. The molecule has 11 nitrogen and oxygen atoms in total. The summed E-state index contributed by atoms with van der Waals surface area (Å²) in [6.45, 7) is 2.12. The first-order valence-corrected chi connectivity index (χ1v) is 14.8. The molecule has 2 bridgehead atoms. The Balaban J connectivity index is 1.47. The van der Waals surface area contributed by atoms with E-state index in [2.05, 4.69) is 15.6 Å². The summed E-state index contributed by atoms with van der Waals surface area (Å²) >= 11 is 0. The van der Waals surface area contributed by atoms with Crippen molar-refractivity contribution in [1.29, 1.82) is 0 Å². The van der Waals surface area contributed by atoms with E-state index in [1.54, 1.807) is 0 Å². The maximum absolute atomic E-state index is 13.6. The average molecular weight is 562 g/mol. The fourth-order valence-corrected chi connectivity index (χ4v) is 7.27. The molecule has 0 spiro atoms. The van der Waals surface area contributed by atoms with Crippen LogP contribution in [0.5, 0.6) is 5.75 Å². The minimum atomic E-state index is -3.58. The van der Waals surface area contributed by atoms with E-state index in [0.29, 0.717) is 50.6 Å². The number of amides is 2. The van der Waals surface area contributed by atoms with Gasteiger partial charge < -0.3 is 15.7 Å². The Morgan fingerprint density at radius 2 is 1.87 bits per heavy atom. The third kappa shape index (κ3) is 5.05. The van der Waals surface area contributed by atoms with Gasteiger partial charge in [0.05, 0.1) is 11.3 Å². The number of hydrogen-bond acceptors (Lipinski definition) is 7. The number of fused-ring (bicyclic) bond motifs is 2. The number of aromatic hydroxyl groups is 1. The van der Waals surface area contributed by atoms with Gasteiger partial charge in [0.2, 0.25) is 21.7 Å². The monoisotopic (exact) mass is 561 g/mol. The van der Waals surface area contributed by atoms with Gasteiger partial charge in [0.1, 0.15) is 17.7 Å². The molecule has 2 aromatic rings. The van der Waals surface area contributed by atoms with Crippen LogP contribution in [-0.2, 0) is 33.4 Å². The van der Waals surface area contributed by atoms with Crippen LogP contribution in [0.15, 0.2) is 29.1 Å². The van der Waals surface area contributed by atoms with E-state index in [1.165, 1.54) is 40.1 Å². The zero-order valence-corrected chi connectivity index (χ0v) is 22.5. The normalized spacial score (nSPS) is 24.7. The predicted octanol–water partition coefficient (Wildman–Crippen LogP) is 1.35. The molecule has 6 rings (SSSR count). The number of hydrogen-bond donors (Lipinski definition) is 3. The zero-order valence-electron chi connectivity index (χ0n) is 21.7. The molecule has 210 valence electrons. The van der Waals surface area contributed by atoms with Crippen molar-refractivity contribution >= 4 is 21.8 Å². The van der Waals surface area contributed by atoms with Crippen molar-refractivity contribution in [2.75, 3.05) is 12.3 Å². The summed E-state index contributed by atoms with van der Waals surface area (Å²) in [5.74, 6) is -2.23. The smallest absolute Gasteiger partial charge is 0.296 e. The lowest BCUT2D eigenvalue weighted by molar-refractivity contribution is -0.127.